The third kappa shape index (κ3) is 4.96. The number of carbonyl (C=O) groups is 1. The minimum Gasteiger partial charge on any atom is -0.480 e. The number of nitrogens with one attached hydrogen (secondary N) is 1. The van der Waals surface area contributed by atoms with Crippen molar-refractivity contribution in [3.8, 4) is 0 Å². The summed E-state index contributed by atoms with van der Waals surface area (Å²) in [5.74, 6) is -0.396. The van der Waals surface area contributed by atoms with Gasteiger partial charge in [-0.25, -0.2) is 0 Å². The van der Waals surface area contributed by atoms with Crippen LogP contribution in [0.3, 0.4) is 0 Å². The van der Waals surface area contributed by atoms with Crippen LogP contribution in [0.15, 0.2) is 0 Å². The standard InChI is InChI=1S/C17H34N2O2/c1-4-6-12-19(13-7-5-2)14-10-15-9-8-11-17(15,18-3)16(20)21/h15,18H,4-14H2,1-3H3,(H,20,21). The molecule has 0 aliphatic heterocycles. The maximum Gasteiger partial charge on any atom is 0.324 e. The summed E-state index contributed by atoms with van der Waals surface area (Å²) >= 11 is 0. The van der Waals surface area contributed by atoms with Gasteiger partial charge in [0.05, 0.1) is 0 Å². The molecule has 1 rings (SSSR count). The first-order valence-electron chi connectivity index (χ1n) is 8.75. The Labute approximate surface area is 130 Å². The van der Waals surface area contributed by atoms with Crippen molar-refractivity contribution in [3.05, 3.63) is 0 Å². The van der Waals surface area contributed by atoms with Gasteiger partial charge in [0.2, 0.25) is 0 Å². The fourth-order valence-electron chi connectivity index (χ4n) is 3.62. The van der Waals surface area contributed by atoms with Gasteiger partial charge in [0, 0.05) is 0 Å². The van der Waals surface area contributed by atoms with Crippen LogP contribution in [0.5, 0.6) is 0 Å². The minimum absolute atomic E-state index is 0.269. The second-order valence-corrected chi connectivity index (χ2v) is 6.45. The Hall–Kier alpha value is -0.610. The Kier molecular flexibility index (Phi) is 8.27. The zero-order chi connectivity index (χ0) is 15.7. The average Bonchev–Trinajstić information content (AvgIpc) is 2.90. The van der Waals surface area contributed by atoms with Gasteiger partial charge in [0.15, 0.2) is 0 Å². The molecule has 2 N–H and O–H groups in total. The van der Waals surface area contributed by atoms with E-state index in [0.717, 1.165) is 45.3 Å². The van der Waals surface area contributed by atoms with Crippen LogP contribution in [-0.4, -0.2) is 48.2 Å². The van der Waals surface area contributed by atoms with Crippen molar-refractivity contribution in [2.24, 2.45) is 5.92 Å². The van der Waals surface area contributed by atoms with E-state index in [2.05, 4.69) is 24.1 Å². The smallest absolute Gasteiger partial charge is 0.324 e. The molecule has 1 saturated carbocycles. The lowest BCUT2D eigenvalue weighted by Gasteiger charge is -2.32. The first-order valence-corrected chi connectivity index (χ1v) is 8.75. The van der Waals surface area contributed by atoms with E-state index in [1.807, 2.05) is 0 Å². The maximum atomic E-state index is 11.7. The molecule has 124 valence electrons. The molecule has 0 saturated heterocycles. The van der Waals surface area contributed by atoms with Gasteiger partial charge in [0.1, 0.15) is 5.54 Å². The quantitative estimate of drug-likeness (QED) is 0.615. The molecule has 1 fully saturated rings. The highest BCUT2D eigenvalue weighted by molar-refractivity contribution is 5.79. The number of unbranched alkanes of at least 4 members (excludes halogenated alkanes) is 2. The number of carboxylic acids is 1. The fraction of sp³-hybridized carbons (Fsp3) is 0.941. The lowest BCUT2D eigenvalue weighted by Crippen LogP contribution is -2.53. The highest BCUT2D eigenvalue weighted by Gasteiger charge is 2.47. The molecule has 0 spiro atoms. The van der Waals surface area contributed by atoms with Crippen LogP contribution >= 0.6 is 0 Å². The van der Waals surface area contributed by atoms with E-state index in [4.69, 9.17) is 0 Å². The fourth-order valence-corrected chi connectivity index (χ4v) is 3.62. The van der Waals surface area contributed by atoms with Gasteiger partial charge in [-0.15, -0.1) is 0 Å². The Morgan fingerprint density at radius 2 is 1.86 bits per heavy atom. The molecule has 2 atom stereocenters. The Balaban J connectivity index is 2.54. The van der Waals surface area contributed by atoms with Crippen LogP contribution in [0, 0.1) is 5.92 Å². The molecular formula is C17H34N2O2. The summed E-state index contributed by atoms with van der Waals surface area (Å²) in [6.07, 6.45) is 8.77. The molecule has 0 aromatic heterocycles. The highest BCUT2D eigenvalue weighted by Crippen LogP contribution is 2.38. The SMILES string of the molecule is CCCCN(CCCC)CCC1CCCC1(NC)C(=O)O. The topological polar surface area (TPSA) is 52.6 Å². The Morgan fingerprint density at radius 3 is 2.33 bits per heavy atom. The van der Waals surface area contributed by atoms with E-state index in [-0.39, 0.29) is 5.92 Å². The molecule has 0 aromatic rings. The van der Waals surface area contributed by atoms with Gasteiger partial charge < -0.3 is 15.3 Å². The van der Waals surface area contributed by atoms with Crippen molar-refractivity contribution in [1.29, 1.82) is 0 Å². The molecular weight excluding hydrogens is 264 g/mol. The molecule has 0 heterocycles. The first-order chi connectivity index (χ1) is 10.1. The molecule has 0 amide bonds. The number of likely N-dealkylation sites (N-methyl/N-ethyl adjacent to an activating group) is 1. The molecule has 0 aromatic carbocycles. The second kappa shape index (κ2) is 9.42. The number of hydrogen-bond donors (Lipinski definition) is 2. The lowest BCUT2D eigenvalue weighted by atomic mass is 9.84. The molecule has 0 radical (unpaired) electrons. The molecule has 4 heteroatoms. The van der Waals surface area contributed by atoms with Gasteiger partial charge in [-0.1, -0.05) is 33.1 Å². The van der Waals surface area contributed by atoms with Crippen molar-refractivity contribution in [2.75, 3.05) is 26.7 Å². The summed E-state index contributed by atoms with van der Waals surface area (Å²) in [6.45, 7) is 7.81. The highest BCUT2D eigenvalue weighted by atomic mass is 16.4. The van der Waals surface area contributed by atoms with E-state index >= 15 is 0 Å². The number of aliphatic carboxylic acids is 1. The summed E-state index contributed by atoms with van der Waals surface area (Å²) < 4.78 is 0. The van der Waals surface area contributed by atoms with E-state index in [9.17, 15) is 9.90 Å². The van der Waals surface area contributed by atoms with E-state index < -0.39 is 11.5 Å². The van der Waals surface area contributed by atoms with Crippen molar-refractivity contribution in [1.82, 2.24) is 10.2 Å². The van der Waals surface area contributed by atoms with Gasteiger partial charge >= 0.3 is 5.97 Å². The monoisotopic (exact) mass is 298 g/mol. The second-order valence-electron chi connectivity index (χ2n) is 6.45. The maximum absolute atomic E-state index is 11.7. The Morgan fingerprint density at radius 1 is 1.24 bits per heavy atom. The number of carboxylic acid groups (broad SMARTS) is 1. The van der Waals surface area contributed by atoms with Crippen LogP contribution in [0.1, 0.15) is 65.2 Å². The number of rotatable bonds is 11. The molecule has 1 aliphatic carbocycles. The summed E-state index contributed by atoms with van der Waals surface area (Å²) in [5, 5.41) is 12.7. The Bertz CT molecular complexity index is 301. The van der Waals surface area contributed by atoms with Crippen LogP contribution in [0.2, 0.25) is 0 Å². The summed E-state index contributed by atoms with van der Waals surface area (Å²) in [5.41, 5.74) is -0.679. The molecule has 1 aliphatic rings. The van der Waals surface area contributed by atoms with Gasteiger partial charge in [-0.05, 0) is 64.7 Å². The van der Waals surface area contributed by atoms with E-state index in [1.54, 1.807) is 7.05 Å². The predicted octanol–water partition coefficient (Wildman–Crippen LogP) is 3.12. The summed E-state index contributed by atoms with van der Waals surface area (Å²) in [7, 11) is 1.80. The molecule has 4 nitrogen and oxygen atoms in total. The number of hydrogen-bond acceptors (Lipinski definition) is 3. The first kappa shape index (κ1) is 18.4. The molecule has 2 unspecified atom stereocenters. The van der Waals surface area contributed by atoms with Crippen molar-refractivity contribution in [3.63, 3.8) is 0 Å². The van der Waals surface area contributed by atoms with E-state index in [1.165, 1.54) is 25.7 Å². The van der Waals surface area contributed by atoms with Gasteiger partial charge in [-0.3, -0.25) is 4.79 Å². The minimum atomic E-state index is -0.679. The van der Waals surface area contributed by atoms with E-state index in [0.29, 0.717) is 0 Å². The van der Waals surface area contributed by atoms with Crippen LogP contribution in [0.25, 0.3) is 0 Å². The third-order valence-corrected chi connectivity index (χ3v) is 5.10. The zero-order valence-corrected chi connectivity index (χ0v) is 14.2. The van der Waals surface area contributed by atoms with Crippen LogP contribution in [0.4, 0.5) is 0 Å². The summed E-state index contributed by atoms with van der Waals surface area (Å²) in [4.78, 5) is 14.2. The van der Waals surface area contributed by atoms with Crippen molar-refractivity contribution in [2.45, 2.75) is 70.8 Å². The largest absolute Gasteiger partial charge is 0.480 e. The van der Waals surface area contributed by atoms with Crippen molar-refractivity contribution < 1.29 is 9.90 Å². The third-order valence-electron chi connectivity index (χ3n) is 5.10. The van der Waals surface area contributed by atoms with Crippen LogP contribution < -0.4 is 5.32 Å². The predicted molar refractivity (Wildman–Crippen MR) is 87.6 cm³/mol. The van der Waals surface area contributed by atoms with Crippen LogP contribution in [-0.2, 0) is 4.79 Å². The zero-order valence-electron chi connectivity index (χ0n) is 14.2. The normalized spacial score (nSPS) is 25.6. The average molecular weight is 298 g/mol. The molecule has 0 bridgehead atoms. The summed E-state index contributed by atoms with van der Waals surface area (Å²) in [6, 6.07) is 0. The molecule has 21 heavy (non-hydrogen) atoms. The van der Waals surface area contributed by atoms with Gasteiger partial charge in [0.25, 0.3) is 0 Å². The van der Waals surface area contributed by atoms with Crippen molar-refractivity contribution >= 4 is 5.97 Å². The number of nitrogens with zero attached hydrogens (tertiary/aromatic N) is 1. The lowest BCUT2D eigenvalue weighted by molar-refractivity contribution is -0.146. The van der Waals surface area contributed by atoms with Gasteiger partial charge in [-0.2, -0.15) is 0 Å².